The molecule has 0 saturated carbocycles. The molecule has 156 valence electrons. The second-order valence-electron chi connectivity index (χ2n) is 8.02. The minimum Gasteiger partial charge on any atom is -0.317 e. The molecule has 1 saturated heterocycles. The second kappa shape index (κ2) is 8.65. The zero-order valence-electron chi connectivity index (χ0n) is 17.1. The number of fused-ring (bicyclic) bond motifs is 1. The van der Waals surface area contributed by atoms with E-state index in [9.17, 15) is 0 Å². The lowest BCUT2D eigenvalue weighted by Crippen LogP contribution is -2.27. The maximum absolute atomic E-state index is 6.22. The van der Waals surface area contributed by atoms with Crippen LogP contribution in [0, 0.1) is 0 Å². The Kier molecular flexibility index (Phi) is 5.76. The van der Waals surface area contributed by atoms with Gasteiger partial charge in [-0.15, -0.1) is 10.2 Å². The predicted octanol–water partition coefficient (Wildman–Crippen LogP) is 4.42. The van der Waals surface area contributed by atoms with Crippen LogP contribution < -0.4 is 5.32 Å². The third-order valence-electron chi connectivity index (χ3n) is 5.99. The highest BCUT2D eigenvalue weighted by Gasteiger charge is 2.24. The first-order chi connectivity index (χ1) is 14.7. The van der Waals surface area contributed by atoms with Crippen LogP contribution in [0.4, 0.5) is 0 Å². The van der Waals surface area contributed by atoms with Gasteiger partial charge < -0.3 is 9.88 Å². The van der Waals surface area contributed by atoms with E-state index in [1.807, 2.05) is 24.3 Å². The summed E-state index contributed by atoms with van der Waals surface area (Å²) in [6.45, 7) is 2.09. The van der Waals surface area contributed by atoms with Gasteiger partial charge in [-0.1, -0.05) is 23.7 Å². The molecule has 5 rings (SSSR count). The van der Waals surface area contributed by atoms with Crippen LogP contribution in [-0.4, -0.2) is 37.8 Å². The van der Waals surface area contributed by atoms with Crippen LogP contribution in [0.3, 0.4) is 0 Å². The summed E-state index contributed by atoms with van der Waals surface area (Å²) in [7, 11) is 2.07. The molecule has 0 atom stereocenters. The summed E-state index contributed by atoms with van der Waals surface area (Å²) in [5, 5.41) is 15.1. The highest BCUT2D eigenvalue weighted by molar-refractivity contribution is 7.99. The van der Waals surface area contributed by atoms with Crippen molar-refractivity contribution in [3.05, 3.63) is 46.4 Å². The number of hydrogen-bond donors (Lipinski definition) is 1. The van der Waals surface area contributed by atoms with E-state index in [-0.39, 0.29) is 0 Å². The Balaban J connectivity index is 1.51. The third kappa shape index (κ3) is 3.98. The van der Waals surface area contributed by atoms with Crippen LogP contribution in [-0.2, 0) is 19.9 Å². The van der Waals surface area contributed by atoms with Crippen molar-refractivity contribution in [2.75, 3.05) is 13.1 Å². The van der Waals surface area contributed by atoms with E-state index in [1.165, 1.54) is 18.4 Å². The van der Waals surface area contributed by atoms with Crippen molar-refractivity contribution in [2.45, 2.75) is 54.6 Å². The van der Waals surface area contributed by atoms with Gasteiger partial charge in [-0.05, 0) is 75.5 Å². The van der Waals surface area contributed by atoms with Crippen molar-refractivity contribution in [1.29, 1.82) is 0 Å². The van der Waals surface area contributed by atoms with E-state index in [0.717, 1.165) is 71.9 Å². The van der Waals surface area contributed by atoms with Crippen LogP contribution >= 0.6 is 23.4 Å². The smallest absolute Gasteiger partial charge is 0.197 e. The summed E-state index contributed by atoms with van der Waals surface area (Å²) in [4.78, 5) is 9.85. The summed E-state index contributed by atoms with van der Waals surface area (Å²) in [6, 6.07) is 7.77. The summed E-state index contributed by atoms with van der Waals surface area (Å²) in [5.74, 6) is 2.29. The SMILES string of the molecule is Cn1c(Sc2nc(-c3cccc(Cl)c3)nc3c2CCCC3)nnc1C1CCNCC1. The molecule has 2 aliphatic rings. The molecule has 30 heavy (non-hydrogen) atoms. The first kappa shape index (κ1) is 20.0. The first-order valence-corrected chi connectivity index (χ1v) is 11.8. The minimum absolute atomic E-state index is 0.472. The molecule has 0 radical (unpaired) electrons. The monoisotopic (exact) mass is 440 g/mol. The number of nitrogens with zero attached hydrogens (tertiary/aromatic N) is 5. The average molecular weight is 441 g/mol. The van der Waals surface area contributed by atoms with Gasteiger partial charge in [0, 0.05) is 34.8 Å². The lowest BCUT2D eigenvalue weighted by molar-refractivity contribution is 0.434. The number of aryl methyl sites for hydroxylation is 1. The van der Waals surface area contributed by atoms with Crippen molar-refractivity contribution in [1.82, 2.24) is 30.0 Å². The van der Waals surface area contributed by atoms with E-state index in [0.29, 0.717) is 10.9 Å². The Labute approximate surface area is 185 Å². The van der Waals surface area contributed by atoms with Crippen molar-refractivity contribution >= 4 is 23.4 Å². The maximum atomic E-state index is 6.22. The van der Waals surface area contributed by atoms with Gasteiger partial charge in [0.1, 0.15) is 10.9 Å². The Morgan fingerprint density at radius 1 is 1.10 bits per heavy atom. The molecular weight excluding hydrogens is 416 g/mol. The Morgan fingerprint density at radius 2 is 1.93 bits per heavy atom. The van der Waals surface area contributed by atoms with Gasteiger partial charge in [-0.3, -0.25) is 0 Å². The number of rotatable bonds is 4. The first-order valence-electron chi connectivity index (χ1n) is 10.6. The molecule has 1 fully saturated rings. The fourth-order valence-electron chi connectivity index (χ4n) is 4.34. The molecular formula is C22H25ClN6S. The van der Waals surface area contributed by atoms with Gasteiger partial charge in [0.2, 0.25) is 0 Å². The molecule has 2 aromatic heterocycles. The second-order valence-corrected chi connectivity index (χ2v) is 9.41. The summed E-state index contributed by atoms with van der Waals surface area (Å²) < 4.78 is 2.15. The van der Waals surface area contributed by atoms with Crippen LogP contribution in [0.1, 0.15) is 48.7 Å². The van der Waals surface area contributed by atoms with Crippen LogP contribution in [0.2, 0.25) is 5.02 Å². The molecule has 1 aromatic carbocycles. The molecule has 1 aliphatic carbocycles. The molecule has 0 spiro atoms. The lowest BCUT2D eigenvalue weighted by atomic mass is 9.97. The van der Waals surface area contributed by atoms with Crippen molar-refractivity contribution < 1.29 is 0 Å². The Morgan fingerprint density at radius 3 is 2.77 bits per heavy atom. The lowest BCUT2D eigenvalue weighted by Gasteiger charge is -2.22. The van der Waals surface area contributed by atoms with Gasteiger partial charge in [-0.2, -0.15) is 0 Å². The topological polar surface area (TPSA) is 68.5 Å². The average Bonchev–Trinajstić information content (AvgIpc) is 3.14. The molecule has 1 aliphatic heterocycles. The third-order valence-corrected chi connectivity index (χ3v) is 7.29. The maximum Gasteiger partial charge on any atom is 0.197 e. The van der Waals surface area contributed by atoms with Crippen molar-refractivity contribution in [3.63, 3.8) is 0 Å². The van der Waals surface area contributed by atoms with Crippen molar-refractivity contribution in [2.24, 2.45) is 7.05 Å². The van der Waals surface area contributed by atoms with E-state index in [1.54, 1.807) is 11.8 Å². The van der Waals surface area contributed by atoms with E-state index in [2.05, 4.69) is 27.1 Å². The van der Waals surface area contributed by atoms with E-state index >= 15 is 0 Å². The Hall–Kier alpha value is -1.96. The van der Waals surface area contributed by atoms with E-state index in [4.69, 9.17) is 21.6 Å². The molecule has 0 bridgehead atoms. The van der Waals surface area contributed by atoms with Crippen molar-refractivity contribution in [3.8, 4) is 11.4 Å². The number of nitrogens with one attached hydrogen (secondary N) is 1. The van der Waals surface area contributed by atoms with E-state index < -0.39 is 0 Å². The van der Waals surface area contributed by atoms with Crippen LogP contribution in [0.5, 0.6) is 0 Å². The van der Waals surface area contributed by atoms with Crippen LogP contribution in [0.15, 0.2) is 34.4 Å². The number of piperidine rings is 1. The van der Waals surface area contributed by atoms with Gasteiger partial charge >= 0.3 is 0 Å². The standard InChI is InChI=1S/C22H25ClN6S/c1-29-20(14-9-11-24-12-10-14)27-28-22(29)30-21-17-7-2-3-8-18(17)25-19(26-21)15-5-4-6-16(23)13-15/h4-6,13-14,24H,2-3,7-12H2,1H3. The van der Waals surface area contributed by atoms with Gasteiger partial charge in [0.15, 0.2) is 11.0 Å². The molecule has 3 heterocycles. The normalized spacial score (nSPS) is 17.1. The minimum atomic E-state index is 0.472. The number of benzene rings is 1. The molecule has 0 amide bonds. The summed E-state index contributed by atoms with van der Waals surface area (Å²) in [5.41, 5.74) is 3.38. The largest absolute Gasteiger partial charge is 0.317 e. The predicted molar refractivity (Wildman–Crippen MR) is 119 cm³/mol. The quantitative estimate of drug-likeness (QED) is 0.605. The summed E-state index contributed by atoms with van der Waals surface area (Å²) >= 11 is 7.83. The summed E-state index contributed by atoms with van der Waals surface area (Å²) in [6.07, 6.45) is 6.59. The molecule has 8 heteroatoms. The zero-order valence-corrected chi connectivity index (χ0v) is 18.6. The highest BCUT2D eigenvalue weighted by Crippen LogP contribution is 2.35. The molecule has 6 nitrogen and oxygen atoms in total. The van der Waals surface area contributed by atoms with Gasteiger partial charge in [0.05, 0.1) is 0 Å². The number of halogens is 1. The number of aromatic nitrogens is 5. The molecule has 1 N–H and O–H groups in total. The molecule has 3 aromatic rings. The fraction of sp³-hybridized carbons (Fsp3) is 0.455. The fourth-order valence-corrected chi connectivity index (χ4v) is 5.49. The van der Waals surface area contributed by atoms with Gasteiger partial charge in [0.25, 0.3) is 0 Å². The Bertz CT molecular complexity index is 1060. The zero-order chi connectivity index (χ0) is 20.5. The highest BCUT2D eigenvalue weighted by atomic mass is 35.5. The number of hydrogen-bond acceptors (Lipinski definition) is 6. The van der Waals surface area contributed by atoms with Gasteiger partial charge in [-0.25, -0.2) is 9.97 Å². The molecule has 0 unspecified atom stereocenters. The van der Waals surface area contributed by atoms with Crippen LogP contribution in [0.25, 0.3) is 11.4 Å².